The van der Waals surface area contributed by atoms with Crippen LogP contribution >= 0.6 is 11.6 Å². The van der Waals surface area contributed by atoms with Gasteiger partial charge >= 0.3 is 0 Å². The van der Waals surface area contributed by atoms with Gasteiger partial charge in [0.2, 0.25) is 0 Å². The van der Waals surface area contributed by atoms with Gasteiger partial charge in [0, 0.05) is 6.54 Å². The SMILES string of the molecule is CC(C)CCOc1ccc(CNc2cccc(Cl)n2)cc1. The second-order valence-electron chi connectivity index (χ2n) is 5.37. The summed E-state index contributed by atoms with van der Waals surface area (Å²) in [6, 6.07) is 13.7. The zero-order valence-electron chi connectivity index (χ0n) is 12.5. The van der Waals surface area contributed by atoms with E-state index in [9.17, 15) is 0 Å². The van der Waals surface area contributed by atoms with Crippen LogP contribution in [-0.4, -0.2) is 11.6 Å². The van der Waals surface area contributed by atoms with E-state index >= 15 is 0 Å². The predicted octanol–water partition coefficient (Wildman–Crippen LogP) is 4.77. The van der Waals surface area contributed by atoms with Crippen LogP contribution in [0.15, 0.2) is 42.5 Å². The highest BCUT2D eigenvalue weighted by molar-refractivity contribution is 6.29. The van der Waals surface area contributed by atoms with E-state index in [1.807, 2.05) is 24.3 Å². The number of aromatic nitrogens is 1. The Balaban J connectivity index is 1.82. The van der Waals surface area contributed by atoms with Gasteiger partial charge in [-0.15, -0.1) is 0 Å². The average molecular weight is 305 g/mol. The van der Waals surface area contributed by atoms with Gasteiger partial charge in [0.05, 0.1) is 6.61 Å². The smallest absolute Gasteiger partial charge is 0.131 e. The molecule has 0 unspecified atom stereocenters. The molecule has 1 aromatic heterocycles. The Morgan fingerprint density at radius 3 is 2.57 bits per heavy atom. The fourth-order valence-electron chi connectivity index (χ4n) is 1.82. The van der Waals surface area contributed by atoms with Gasteiger partial charge in [0.25, 0.3) is 0 Å². The van der Waals surface area contributed by atoms with Crippen LogP contribution in [0.25, 0.3) is 0 Å². The molecule has 0 bridgehead atoms. The summed E-state index contributed by atoms with van der Waals surface area (Å²) in [5.74, 6) is 2.36. The minimum Gasteiger partial charge on any atom is -0.494 e. The number of ether oxygens (including phenoxy) is 1. The highest BCUT2D eigenvalue weighted by Gasteiger charge is 1.99. The Labute approximate surface area is 131 Å². The molecule has 0 fully saturated rings. The molecule has 0 saturated carbocycles. The van der Waals surface area contributed by atoms with Crippen molar-refractivity contribution in [3.8, 4) is 5.75 Å². The molecule has 4 heteroatoms. The van der Waals surface area contributed by atoms with Crippen LogP contribution in [-0.2, 0) is 6.54 Å². The third-order valence-corrected chi connectivity index (χ3v) is 3.29. The highest BCUT2D eigenvalue weighted by Crippen LogP contribution is 2.15. The second-order valence-corrected chi connectivity index (χ2v) is 5.76. The minimum atomic E-state index is 0.494. The van der Waals surface area contributed by atoms with Gasteiger partial charge in [0.1, 0.15) is 16.7 Å². The lowest BCUT2D eigenvalue weighted by Gasteiger charge is -2.09. The van der Waals surface area contributed by atoms with Gasteiger partial charge < -0.3 is 10.1 Å². The van der Waals surface area contributed by atoms with Gasteiger partial charge in [-0.2, -0.15) is 0 Å². The molecule has 1 aromatic carbocycles. The first-order valence-corrected chi connectivity index (χ1v) is 7.59. The zero-order valence-corrected chi connectivity index (χ0v) is 13.2. The minimum absolute atomic E-state index is 0.494. The zero-order chi connectivity index (χ0) is 15.1. The first kappa shape index (κ1) is 15.6. The molecule has 0 aliphatic rings. The van der Waals surface area contributed by atoms with E-state index in [2.05, 4.69) is 36.3 Å². The number of hydrogen-bond acceptors (Lipinski definition) is 3. The van der Waals surface area contributed by atoms with Crippen molar-refractivity contribution in [1.82, 2.24) is 4.98 Å². The molecule has 0 aliphatic heterocycles. The highest BCUT2D eigenvalue weighted by atomic mass is 35.5. The molecule has 2 aromatic rings. The van der Waals surface area contributed by atoms with Crippen LogP contribution in [0.5, 0.6) is 5.75 Å². The Hall–Kier alpha value is -1.74. The topological polar surface area (TPSA) is 34.1 Å². The maximum Gasteiger partial charge on any atom is 0.131 e. The summed E-state index contributed by atoms with van der Waals surface area (Å²) < 4.78 is 5.70. The lowest BCUT2D eigenvalue weighted by Crippen LogP contribution is -2.03. The van der Waals surface area contributed by atoms with E-state index in [1.54, 1.807) is 6.07 Å². The number of halogens is 1. The van der Waals surface area contributed by atoms with Crippen LogP contribution < -0.4 is 10.1 Å². The van der Waals surface area contributed by atoms with Crippen molar-refractivity contribution in [2.75, 3.05) is 11.9 Å². The summed E-state index contributed by atoms with van der Waals surface area (Å²) in [5, 5.41) is 3.74. The largest absolute Gasteiger partial charge is 0.494 e. The van der Waals surface area contributed by atoms with Gasteiger partial charge in [-0.1, -0.05) is 43.6 Å². The fraction of sp³-hybridized carbons (Fsp3) is 0.353. The first-order valence-electron chi connectivity index (χ1n) is 7.21. The molecule has 0 amide bonds. The molecule has 0 saturated heterocycles. The number of nitrogens with one attached hydrogen (secondary N) is 1. The molecule has 21 heavy (non-hydrogen) atoms. The third kappa shape index (κ3) is 5.64. The van der Waals surface area contributed by atoms with E-state index in [4.69, 9.17) is 16.3 Å². The Kier molecular flexibility index (Phi) is 5.88. The Morgan fingerprint density at radius 2 is 1.90 bits per heavy atom. The summed E-state index contributed by atoms with van der Waals surface area (Å²) in [5.41, 5.74) is 1.17. The second kappa shape index (κ2) is 7.89. The van der Waals surface area contributed by atoms with Crippen molar-refractivity contribution < 1.29 is 4.74 Å². The number of anilines is 1. The number of pyridine rings is 1. The summed E-state index contributed by atoms with van der Waals surface area (Å²) >= 11 is 5.85. The number of rotatable bonds is 7. The van der Waals surface area contributed by atoms with Crippen molar-refractivity contribution in [1.29, 1.82) is 0 Å². The molecule has 1 N–H and O–H groups in total. The molecule has 2 rings (SSSR count). The van der Waals surface area contributed by atoms with Crippen molar-refractivity contribution in [2.45, 2.75) is 26.8 Å². The molecule has 1 heterocycles. The number of hydrogen-bond donors (Lipinski definition) is 1. The van der Waals surface area contributed by atoms with Crippen LogP contribution in [0, 0.1) is 5.92 Å². The van der Waals surface area contributed by atoms with E-state index < -0.39 is 0 Å². The number of benzene rings is 1. The van der Waals surface area contributed by atoms with Gasteiger partial charge in [-0.05, 0) is 42.2 Å². The molecular formula is C17H21ClN2O. The van der Waals surface area contributed by atoms with Crippen LogP contribution in [0.2, 0.25) is 5.15 Å². The molecule has 112 valence electrons. The molecular weight excluding hydrogens is 284 g/mol. The Bertz CT molecular complexity index is 555. The summed E-state index contributed by atoms with van der Waals surface area (Å²) in [6.45, 7) is 5.87. The lowest BCUT2D eigenvalue weighted by atomic mass is 10.1. The van der Waals surface area contributed by atoms with Gasteiger partial charge in [-0.3, -0.25) is 0 Å². The molecule has 3 nitrogen and oxygen atoms in total. The number of nitrogens with zero attached hydrogens (tertiary/aromatic N) is 1. The van der Waals surface area contributed by atoms with Crippen molar-refractivity contribution in [2.24, 2.45) is 5.92 Å². The van der Waals surface area contributed by atoms with Crippen molar-refractivity contribution in [3.63, 3.8) is 0 Å². The maximum absolute atomic E-state index is 5.85. The van der Waals surface area contributed by atoms with Crippen LogP contribution in [0.3, 0.4) is 0 Å². The predicted molar refractivity (Wildman–Crippen MR) is 88.0 cm³/mol. The Morgan fingerprint density at radius 1 is 1.14 bits per heavy atom. The standard InChI is InChI=1S/C17H21ClN2O/c1-13(2)10-11-21-15-8-6-14(7-9-15)12-19-17-5-3-4-16(18)20-17/h3-9,13H,10-12H2,1-2H3,(H,19,20). The fourth-order valence-corrected chi connectivity index (χ4v) is 1.98. The monoisotopic (exact) mass is 304 g/mol. The van der Waals surface area contributed by atoms with Crippen LogP contribution in [0.1, 0.15) is 25.8 Å². The average Bonchev–Trinajstić information content (AvgIpc) is 2.46. The van der Waals surface area contributed by atoms with E-state index in [0.29, 0.717) is 17.6 Å². The van der Waals surface area contributed by atoms with Gasteiger partial charge in [0.15, 0.2) is 0 Å². The molecule has 0 radical (unpaired) electrons. The van der Waals surface area contributed by atoms with E-state index in [1.165, 1.54) is 5.56 Å². The van der Waals surface area contributed by atoms with Gasteiger partial charge in [-0.25, -0.2) is 4.98 Å². The van der Waals surface area contributed by atoms with Crippen molar-refractivity contribution >= 4 is 17.4 Å². The van der Waals surface area contributed by atoms with E-state index in [-0.39, 0.29) is 0 Å². The molecule has 0 atom stereocenters. The molecule has 0 aliphatic carbocycles. The molecule has 0 spiro atoms. The lowest BCUT2D eigenvalue weighted by molar-refractivity contribution is 0.289. The maximum atomic E-state index is 5.85. The van der Waals surface area contributed by atoms with E-state index in [0.717, 1.165) is 24.6 Å². The summed E-state index contributed by atoms with van der Waals surface area (Å²) in [6.07, 6.45) is 1.07. The quantitative estimate of drug-likeness (QED) is 0.748. The third-order valence-electron chi connectivity index (χ3n) is 3.08. The first-order chi connectivity index (χ1) is 10.1. The summed E-state index contributed by atoms with van der Waals surface area (Å²) in [4.78, 5) is 4.19. The van der Waals surface area contributed by atoms with Crippen LogP contribution in [0.4, 0.5) is 5.82 Å². The summed E-state index contributed by atoms with van der Waals surface area (Å²) in [7, 11) is 0. The normalized spacial score (nSPS) is 10.7. The van der Waals surface area contributed by atoms with Crippen molar-refractivity contribution in [3.05, 3.63) is 53.2 Å².